The van der Waals surface area contributed by atoms with Gasteiger partial charge in [-0.3, -0.25) is 9.69 Å². The van der Waals surface area contributed by atoms with Crippen LogP contribution in [-0.4, -0.2) is 28.1 Å². The molecule has 0 saturated heterocycles. The van der Waals surface area contributed by atoms with Gasteiger partial charge >= 0.3 is 0 Å². The van der Waals surface area contributed by atoms with Gasteiger partial charge in [-0.1, -0.05) is 54.6 Å². The zero-order valence-electron chi connectivity index (χ0n) is 22.4. The Kier molecular flexibility index (Phi) is 7.63. The van der Waals surface area contributed by atoms with Crippen LogP contribution in [0.3, 0.4) is 0 Å². The zero-order valence-corrected chi connectivity index (χ0v) is 24.0. The van der Waals surface area contributed by atoms with Crippen LogP contribution in [0, 0.1) is 27.7 Å². The lowest BCUT2D eigenvalue weighted by molar-refractivity contribution is 0.0955. The van der Waals surface area contributed by atoms with Crippen molar-refractivity contribution in [2.45, 2.75) is 47.2 Å². The van der Waals surface area contributed by atoms with Crippen molar-refractivity contribution in [1.82, 2.24) is 14.9 Å². The van der Waals surface area contributed by atoms with Gasteiger partial charge in [-0.05, 0) is 90.0 Å². The number of nitrogens with one attached hydrogen (secondary N) is 1. The van der Waals surface area contributed by atoms with E-state index in [9.17, 15) is 4.79 Å². The van der Waals surface area contributed by atoms with E-state index in [1.54, 1.807) is 6.21 Å². The van der Waals surface area contributed by atoms with E-state index in [0.717, 1.165) is 47.5 Å². The number of hydrogen-bond donors (Lipinski definition) is 1. The number of fused-ring (bicyclic) bond motifs is 1. The number of benzene rings is 3. The van der Waals surface area contributed by atoms with Gasteiger partial charge in [0.1, 0.15) is 0 Å². The molecule has 0 radical (unpaired) electrons. The average Bonchev–Trinajstić information content (AvgIpc) is 3.12. The standard InChI is InChI=1S/C32H33BrN4O/c1-21-8-7-9-22(2)31(21)37-23(3)29(30(33)24(37)4)18-34-35-32(38)27-14-12-25(13-15-27)19-36-17-16-26-10-5-6-11-28(26)20-36/h5-15,18H,16-17,19-20H2,1-4H3,(H,35,38)/b34-18-. The molecule has 0 bridgehead atoms. The Balaban J connectivity index is 1.24. The second-order valence-corrected chi connectivity index (χ2v) is 10.9. The number of carbonyl (C=O) groups is 1. The van der Waals surface area contributed by atoms with Gasteiger partial charge < -0.3 is 4.57 Å². The normalized spacial score (nSPS) is 13.6. The van der Waals surface area contributed by atoms with Crippen LogP contribution in [0.1, 0.15) is 55.1 Å². The topological polar surface area (TPSA) is 49.6 Å². The summed E-state index contributed by atoms with van der Waals surface area (Å²) in [5.41, 5.74) is 14.1. The van der Waals surface area contributed by atoms with Crippen molar-refractivity contribution in [3.05, 3.63) is 122 Å². The van der Waals surface area contributed by atoms with Crippen LogP contribution in [0.2, 0.25) is 0 Å². The minimum Gasteiger partial charge on any atom is -0.316 e. The second-order valence-electron chi connectivity index (χ2n) is 10.1. The van der Waals surface area contributed by atoms with Gasteiger partial charge in [0.05, 0.1) is 11.9 Å². The van der Waals surface area contributed by atoms with E-state index >= 15 is 0 Å². The van der Waals surface area contributed by atoms with E-state index in [1.165, 1.54) is 33.5 Å². The summed E-state index contributed by atoms with van der Waals surface area (Å²) in [5.74, 6) is -0.223. The molecule has 2 heterocycles. The van der Waals surface area contributed by atoms with Gasteiger partial charge in [0.15, 0.2) is 0 Å². The van der Waals surface area contributed by atoms with Gasteiger partial charge in [-0.15, -0.1) is 0 Å². The summed E-state index contributed by atoms with van der Waals surface area (Å²) in [4.78, 5) is 15.2. The van der Waals surface area contributed by atoms with E-state index in [-0.39, 0.29) is 5.91 Å². The Hall–Kier alpha value is -3.48. The van der Waals surface area contributed by atoms with Crippen LogP contribution < -0.4 is 5.43 Å². The fourth-order valence-electron chi connectivity index (χ4n) is 5.40. The van der Waals surface area contributed by atoms with Gasteiger partial charge in [-0.25, -0.2) is 5.43 Å². The molecule has 0 atom stereocenters. The molecule has 0 unspecified atom stereocenters. The number of halogens is 1. The summed E-state index contributed by atoms with van der Waals surface area (Å²) in [7, 11) is 0. The highest BCUT2D eigenvalue weighted by Crippen LogP contribution is 2.32. The molecule has 38 heavy (non-hydrogen) atoms. The molecule has 6 heteroatoms. The third-order valence-electron chi connectivity index (χ3n) is 7.47. The molecule has 1 aromatic heterocycles. The van der Waals surface area contributed by atoms with Crippen molar-refractivity contribution >= 4 is 28.1 Å². The van der Waals surface area contributed by atoms with Crippen molar-refractivity contribution in [2.24, 2.45) is 5.10 Å². The fraction of sp³-hybridized carbons (Fsp3) is 0.250. The lowest BCUT2D eigenvalue weighted by Gasteiger charge is -2.28. The first-order valence-electron chi connectivity index (χ1n) is 13.0. The molecule has 0 saturated carbocycles. The van der Waals surface area contributed by atoms with Gasteiger partial charge in [0.2, 0.25) is 0 Å². The number of rotatable bonds is 6. The number of carbonyl (C=O) groups excluding carboxylic acids is 1. The SMILES string of the molecule is Cc1cccc(C)c1-n1c(C)c(Br)c(/C=N\NC(=O)c2ccc(CN3CCc4ccccc4C3)cc2)c1C. The summed E-state index contributed by atoms with van der Waals surface area (Å²) in [5, 5.41) is 4.29. The number of amides is 1. The number of aromatic nitrogens is 1. The minimum atomic E-state index is -0.223. The molecule has 1 aliphatic heterocycles. The maximum absolute atomic E-state index is 12.8. The summed E-state index contributed by atoms with van der Waals surface area (Å²) in [6.45, 7) is 11.3. The van der Waals surface area contributed by atoms with Crippen molar-refractivity contribution in [3.63, 3.8) is 0 Å². The van der Waals surface area contributed by atoms with Gasteiger partial charge in [-0.2, -0.15) is 5.10 Å². The summed E-state index contributed by atoms with van der Waals surface area (Å²) < 4.78 is 3.22. The van der Waals surface area contributed by atoms with Crippen LogP contribution in [-0.2, 0) is 19.5 Å². The van der Waals surface area contributed by atoms with Crippen LogP contribution in [0.15, 0.2) is 76.3 Å². The molecular weight excluding hydrogens is 536 g/mol. The Morgan fingerprint density at radius 1 is 0.921 bits per heavy atom. The predicted molar refractivity (Wildman–Crippen MR) is 158 cm³/mol. The molecule has 0 fully saturated rings. The number of para-hydroxylation sites is 1. The monoisotopic (exact) mass is 568 g/mol. The lowest BCUT2D eigenvalue weighted by Crippen LogP contribution is -2.30. The molecule has 1 amide bonds. The van der Waals surface area contributed by atoms with Gasteiger partial charge in [0.25, 0.3) is 5.91 Å². The third kappa shape index (κ3) is 5.24. The highest BCUT2D eigenvalue weighted by atomic mass is 79.9. The smallest absolute Gasteiger partial charge is 0.271 e. The Bertz CT molecular complexity index is 1500. The lowest BCUT2D eigenvalue weighted by atomic mass is 9.99. The largest absolute Gasteiger partial charge is 0.316 e. The average molecular weight is 570 g/mol. The highest BCUT2D eigenvalue weighted by Gasteiger charge is 2.19. The van der Waals surface area contributed by atoms with Crippen molar-refractivity contribution < 1.29 is 4.79 Å². The molecule has 1 aliphatic rings. The minimum absolute atomic E-state index is 0.223. The van der Waals surface area contributed by atoms with E-state index in [0.29, 0.717) is 5.56 Å². The van der Waals surface area contributed by atoms with Crippen molar-refractivity contribution in [1.29, 1.82) is 0 Å². The van der Waals surface area contributed by atoms with Crippen molar-refractivity contribution in [3.8, 4) is 5.69 Å². The van der Waals surface area contributed by atoms with Crippen molar-refractivity contribution in [2.75, 3.05) is 6.54 Å². The molecule has 1 N–H and O–H groups in total. The molecule has 3 aromatic carbocycles. The number of aryl methyl sites for hydroxylation is 2. The molecule has 5 nitrogen and oxygen atoms in total. The highest BCUT2D eigenvalue weighted by molar-refractivity contribution is 9.10. The van der Waals surface area contributed by atoms with Crippen LogP contribution in [0.25, 0.3) is 5.69 Å². The summed E-state index contributed by atoms with van der Waals surface area (Å²) >= 11 is 3.74. The van der Waals surface area contributed by atoms with E-state index in [1.807, 2.05) is 24.3 Å². The predicted octanol–water partition coefficient (Wildman–Crippen LogP) is 6.80. The summed E-state index contributed by atoms with van der Waals surface area (Å²) in [6, 6.07) is 22.8. The van der Waals surface area contributed by atoms with E-state index < -0.39 is 0 Å². The number of nitrogens with zero attached hydrogens (tertiary/aromatic N) is 3. The van der Waals surface area contributed by atoms with Gasteiger partial charge in [0, 0.05) is 46.6 Å². The zero-order chi connectivity index (χ0) is 26.8. The molecule has 0 aliphatic carbocycles. The van der Waals surface area contributed by atoms with E-state index in [4.69, 9.17) is 0 Å². The number of hydrogen-bond acceptors (Lipinski definition) is 3. The fourth-order valence-corrected chi connectivity index (χ4v) is 5.96. The third-order valence-corrected chi connectivity index (χ3v) is 8.47. The molecule has 4 aromatic rings. The molecule has 0 spiro atoms. The first kappa shape index (κ1) is 26.1. The maximum Gasteiger partial charge on any atom is 0.271 e. The molecule has 5 rings (SSSR count). The first-order valence-corrected chi connectivity index (χ1v) is 13.8. The quantitative estimate of drug-likeness (QED) is 0.205. The maximum atomic E-state index is 12.8. The summed E-state index contributed by atoms with van der Waals surface area (Å²) in [6.07, 6.45) is 2.80. The Morgan fingerprint density at radius 2 is 1.61 bits per heavy atom. The first-order chi connectivity index (χ1) is 18.3. The Morgan fingerprint density at radius 3 is 2.32 bits per heavy atom. The van der Waals surface area contributed by atoms with Crippen LogP contribution in [0.5, 0.6) is 0 Å². The van der Waals surface area contributed by atoms with E-state index in [2.05, 4.69) is 106 Å². The number of hydrazone groups is 1. The van der Waals surface area contributed by atoms with Crippen LogP contribution >= 0.6 is 15.9 Å². The molecule has 194 valence electrons. The molecular formula is C32H33BrN4O. The second kappa shape index (κ2) is 11.1. The van der Waals surface area contributed by atoms with Crippen LogP contribution in [0.4, 0.5) is 0 Å². The Labute approximate surface area is 233 Å².